The van der Waals surface area contributed by atoms with Crippen molar-refractivity contribution >= 4 is 31.1 Å². The summed E-state index contributed by atoms with van der Waals surface area (Å²) in [4.78, 5) is 9.66. The van der Waals surface area contributed by atoms with Crippen LogP contribution < -0.4 is 5.46 Å². The minimum absolute atomic E-state index is 0.414. The van der Waals surface area contributed by atoms with Crippen LogP contribution in [-0.2, 0) is 0 Å². The maximum absolute atomic E-state index is 2.60. The standard InChI is InChI=1S/C9H14BN2.3CH3.Sn/c1-11-10(12(2)3)9-7-5-4-6-8-9;;;;/h4-8H,1-3H3;3*1H3;/q-1;;;;+1. The predicted octanol–water partition coefficient (Wildman–Crippen LogP) is 1.71. The van der Waals surface area contributed by atoms with Crippen LogP contribution in [0.4, 0.5) is 0 Å². The van der Waals surface area contributed by atoms with Crippen molar-refractivity contribution in [3.05, 3.63) is 30.3 Å². The molecule has 0 aromatic heterocycles. The molecule has 0 bridgehead atoms. The van der Waals surface area contributed by atoms with Crippen molar-refractivity contribution in [2.24, 2.45) is 0 Å². The van der Waals surface area contributed by atoms with E-state index in [1.54, 1.807) is 0 Å². The van der Waals surface area contributed by atoms with Crippen molar-refractivity contribution in [2.75, 3.05) is 21.1 Å². The molecule has 0 radical (unpaired) electrons. The molecule has 0 unspecified atom stereocenters. The van der Waals surface area contributed by atoms with Gasteiger partial charge in [-0.3, -0.25) is 0 Å². The fourth-order valence-electron chi connectivity index (χ4n) is 1.86. The molecule has 0 N–H and O–H groups in total. The van der Waals surface area contributed by atoms with Gasteiger partial charge in [0.2, 0.25) is 0 Å². The molecule has 0 aliphatic carbocycles. The number of benzene rings is 1. The summed E-state index contributed by atoms with van der Waals surface area (Å²) in [6, 6.07) is 10.8. The number of hydrogen-bond acceptors (Lipinski definition) is 2. The van der Waals surface area contributed by atoms with E-state index in [-0.39, 0.29) is 0 Å². The van der Waals surface area contributed by atoms with Gasteiger partial charge in [0.25, 0.3) is 0 Å². The maximum atomic E-state index is 2.60. The first-order chi connectivity index (χ1) is 7.34. The first kappa shape index (κ1) is 14.1. The summed E-state index contributed by atoms with van der Waals surface area (Å²) in [5, 5.41) is 0. The summed E-state index contributed by atoms with van der Waals surface area (Å²) in [7, 11) is 6.59. The van der Waals surface area contributed by atoms with E-state index in [1.165, 1.54) is 5.46 Å². The molecule has 88 valence electrons. The first-order valence-corrected chi connectivity index (χ1v) is 15.6. The van der Waals surface area contributed by atoms with Gasteiger partial charge >= 0.3 is 105 Å². The van der Waals surface area contributed by atoms with Gasteiger partial charge in [-0.05, 0) is 0 Å². The minimum atomic E-state index is -2.01. The van der Waals surface area contributed by atoms with Crippen LogP contribution in [0, 0.1) is 0 Å². The Morgan fingerprint density at radius 2 is 1.44 bits per heavy atom. The molecule has 0 aliphatic heterocycles. The second-order valence-corrected chi connectivity index (χ2v) is 19.9. The molecule has 1 aromatic rings. The average Bonchev–Trinajstić information content (AvgIpc) is 2.17. The average molecular weight is 325 g/mol. The van der Waals surface area contributed by atoms with Gasteiger partial charge < -0.3 is 0 Å². The van der Waals surface area contributed by atoms with E-state index in [0.29, 0.717) is 6.98 Å². The molecule has 0 spiro atoms. The van der Waals surface area contributed by atoms with E-state index in [9.17, 15) is 0 Å². The molecule has 16 heavy (non-hydrogen) atoms. The Labute approximate surface area is 105 Å². The molecule has 1 aromatic carbocycles. The Bertz CT molecular complexity index is 322. The van der Waals surface area contributed by atoms with Crippen LogP contribution in [0.25, 0.3) is 0 Å². The zero-order valence-electron chi connectivity index (χ0n) is 11.4. The molecule has 0 aliphatic rings. The van der Waals surface area contributed by atoms with Crippen LogP contribution in [0.1, 0.15) is 0 Å². The van der Waals surface area contributed by atoms with Crippen LogP contribution in [0.15, 0.2) is 30.3 Å². The van der Waals surface area contributed by atoms with Crippen molar-refractivity contribution < 1.29 is 0 Å². The van der Waals surface area contributed by atoms with E-state index in [4.69, 9.17) is 0 Å². The monoisotopic (exact) mass is 326 g/mol. The zero-order valence-corrected chi connectivity index (χ0v) is 14.2. The normalized spacial score (nSPS) is 12.2. The van der Waals surface area contributed by atoms with E-state index in [1.807, 2.05) is 0 Å². The van der Waals surface area contributed by atoms with Crippen molar-refractivity contribution in [3.63, 3.8) is 0 Å². The van der Waals surface area contributed by atoms with E-state index >= 15 is 0 Å². The Kier molecular flexibility index (Phi) is 4.89. The number of hydrogen-bond donors (Lipinski definition) is 0. The molecule has 0 saturated heterocycles. The molecule has 0 saturated carbocycles. The van der Waals surface area contributed by atoms with Crippen LogP contribution in [0.3, 0.4) is 0 Å². The van der Waals surface area contributed by atoms with Crippen molar-refractivity contribution in [1.29, 1.82) is 0 Å². The Hall–Kier alpha value is 0.00364. The quantitative estimate of drug-likeness (QED) is 0.778. The van der Waals surface area contributed by atoms with E-state index < -0.39 is 18.7 Å². The third-order valence-corrected chi connectivity index (χ3v) is 9.75. The Balaban J connectivity index is 3.02. The van der Waals surface area contributed by atoms with Crippen LogP contribution in [-0.4, -0.2) is 54.6 Å². The third-order valence-electron chi connectivity index (χ3n) is 3.01. The van der Waals surface area contributed by atoms with Gasteiger partial charge in [-0.15, -0.1) is 0 Å². The van der Waals surface area contributed by atoms with E-state index in [0.717, 1.165) is 0 Å². The second kappa shape index (κ2) is 5.56. The molecule has 1 rings (SSSR count). The van der Waals surface area contributed by atoms with Gasteiger partial charge in [0.1, 0.15) is 0 Å². The first-order valence-electron chi connectivity index (χ1n) is 5.78. The van der Waals surface area contributed by atoms with Crippen molar-refractivity contribution in [3.8, 4) is 0 Å². The molecular formula is C12H23BN2Sn. The van der Waals surface area contributed by atoms with Crippen LogP contribution >= 0.6 is 0 Å². The fourth-order valence-corrected chi connectivity index (χ4v) is 5.04. The molecule has 0 amide bonds. The van der Waals surface area contributed by atoms with Crippen molar-refractivity contribution in [1.82, 2.24) is 7.84 Å². The summed E-state index contributed by atoms with van der Waals surface area (Å²) < 4.78 is 2.60. The molecule has 4 heteroatoms. The van der Waals surface area contributed by atoms with Crippen molar-refractivity contribution in [2.45, 2.75) is 14.8 Å². The van der Waals surface area contributed by atoms with Gasteiger partial charge in [-0.1, -0.05) is 0 Å². The molecule has 0 atom stereocenters. The third kappa shape index (κ3) is 3.50. The van der Waals surface area contributed by atoms with Gasteiger partial charge in [0, 0.05) is 0 Å². The molecule has 0 heterocycles. The SMILES string of the molecule is CN(C)B(c1ccccc1)[N](C)[Sn]([CH3])([CH3])[CH3]. The summed E-state index contributed by atoms with van der Waals surface area (Å²) in [5.74, 6) is 0. The number of nitrogens with zero attached hydrogens (tertiary/aromatic N) is 2. The van der Waals surface area contributed by atoms with Gasteiger partial charge in [0.05, 0.1) is 0 Å². The van der Waals surface area contributed by atoms with Crippen LogP contribution in [0.5, 0.6) is 0 Å². The van der Waals surface area contributed by atoms with Gasteiger partial charge in [0.15, 0.2) is 0 Å². The Morgan fingerprint density at radius 1 is 0.938 bits per heavy atom. The van der Waals surface area contributed by atoms with E-state index in [2.05, 4.69) is 74.1 Å². The van der Waals surface area contributed by atoms with Gasteiger partial charge in [-0.2, -0.15) is 0 Å². The molecule has 0 fully saturated rings. The van der Waals surface area contributed by atoms with Crippen LogP contribution in [0.2, 0.25) is 14.8 Å². The summed E-state index contributed by atoms with van der Waals surface area (Å²) in [6.07, 6.45) is 0. The summed E-state index contributed by atoms with van der Waals surface area (Å²) in [5.41, 5.74) is 1.39. The summed E-state index contributed by atoms with van der Waals surface area (Å²) in [6.45, 7) is 0.414. The number of rotatable bonds is 4. The topological polar surface area (TPSA) is 6.48 Å². The molecular weight excluding hydrogens is 302 g/mol. The van der Waals surface area contributed by atoms with Gasteiger partial charge in [-0.25, -0.2) is 0 Å². The summed E-state index contributed by atoms with van der Waals surface area (Å²) >= 11 is -2.01. The molecule has 2 nitrogen and oxygen atoms in total. The zero-order chi connectivity index (χ0) is 12.3. The fraction of sp³-hybridized carbons (Fsp3) is 0.500. The Morgan fingerprint density at radius 3 is 1.81 bits per heavy atom. The second-order valence-electron chi connectivity index (χ2n) is 5.53. The predicted molar refractivity (Wildman–Crippen MR) is 76.6 cm³/mol.